The zero-order chi connectivity index (χ0) is 17.0. The third-order valence-corrected chi connectivity index (χ3v) is 4.69. The lowest BCUT2D eigenvalue weighted by Gasteiger charge is -2.24. The Morgan fingerprint density at radius 2 is 1.92 bits per heavy atom. The molecule has 1 atom stereocenters. The fraction of sp³-hybridized carbons (Fsp3) is 0.400. The molecule has 0 radical (unpaired) electrons. The van der Waals surface area contributed by atoms with Gasteiger partial charge >= 0.3 is 0 Å². The van der Waals surface area contributed by atoms with Crippen LogP contribution < -0.4 is 4.74 Å². The average molecular weight is 327 g/mol. The molecule has 0 unspecified atom stereocenters. The van der Waals surface area contributed by atoms with Crippen LogP contribution in [0.1, 0.15) is 23.1 Å². The third-order valence-electron chi connectivity index (χ3n) is 4.69. The normalized spacial score (nSPS) is 21.1. The summed E-state index contributed by atoms with van der Waals surface area (Å²) in [7, 11) is 3.36. The fourth-order valence-corrected chi connectivity index (χ4v) is 3.45. The van der Waals surface area contributed by atoms with E-state index in [4.69, 9.17) is 9.47 Å². The maximum absolute atomic E-state index is 11.0. The van der Waals surface area contributed by atoms with Gasteiger partial charge in [-0.2, -0.15) is 0 Å². The predicted molar refractivity (Wildman–Crippen MR) is 93.9 cm³/mol. The number of hydrogen-bond donors (Lipinski definition) is 1. The number of nitrogens with zero attached hydrogens (tertiary/aromatic N) is 1. The van der Waals surface area contributed by atoms with Crippen LogP contribution in [0.25, 0.3) is 0 Å². The van der Waals surface area contributed by atoms with E-state index in [1.165, 1.54) is 5.56 Å². The third kappa shape index (κ3) is 3.61. The molecule has 2 aromatic carbocycles. The lowest BCUT2D eigenvalue weighted by molar-refractivity contribution is 0.0453. The highest BCUT2D eigenvalue weighted by Gasteiger charge is 2.37. The number of likely N-dealkylation sites (tertiary alicyclic amines) is 1. The number of benzene rings is 2. The molecular weight excluding hydrogens is 302 g/mol. The zero-order valence-electron chi connectivity index (χ0n) is 14.4. The summed E-state index contributed by atoms with van der Waals surface area (Å²) < 4.78 is 10.6. The molecular formula is C20H25NO3. The van der Waals surface area contributed by atoms with Crippen LogP contribution in [-0.4, -0.2) is 37.3 Å². The van der Waals surface area contributed by atoms with Gasteiger partial charge < -0.3 is 14.6 Å². The molecule has 1 heterocycles. The first-order valence-electron chi connectivity index (χ1n) is 8.29. The predicted octanol–water partition coefficient (Wildman–Crippen LogP) is 2.94. The molecule has 1 saturated heterocycles. The number of β-amino-alcohol motifs (C(OH)–C–C–N with tert-alkyl or cyclic N) is 1. The Bertz CT molecular complexity index is 674. The van der Waals surface area contributed by atoms with Crippen molar-refractivity contribution < 1.29 is 14.6 Å². The Labute approximate surface area is 143 Å². The van der Waals surface area contributed by atoms with Gasteiger partial charge in [0.15, 0.2) is 0 Å². The van der Waals surface area contributed by atoms with E-state index in [-0.39, 0.29) is 0 Å². The van der Waals surface area contributed by atoms with Gasteiger partial charge in [0, 0.05) is 32.3 Å². The summed E-state index contributed by atoms with van der Waals surface area (Å²) >= 11 is 0. The highest BCUT2D eigenvalue weighted by Crippen LogP contribution is 2.33. The van der Waals surface area contributed by atoms with Crippen molar-refractivity contribution in [3.05, 3.63) is 65.2 Å². The molecule has 1 aliphatic rings. The van der Waals surface area contributed by atoms with E-state index in [0.29, 0.717) is 13.2 Å². The molecule has 3 rings (SSSR count). The lowest BCUT2D eigenvalue weighted by atomic mass is 9.93. The van der Waals surface area contributed by atoms with Gasteiger partial charge in [-0.3, -0.25) is 4.90 Å². The van der Waals surface area contributed by atoms with Crippen LogP contribution in [0.2, 0.25) is 0 Å². The smallest absolute Gasteiger partial charge is 0.124 e. The number of rotatable bonds is 6. The molecule has 4 heteroatoms. The molecule has 2 aromatic rings. The van der Waals surface area contributed by atoms with Crippen LogP contribution in [0.3, 0.4) is 0 Å². The average Bonchev–Trinajstić information content (AvgIpc) is 2.98. The van der Waals surface area contributed by atoms with E-state index < -0.39 is 5.60 Å². The van der Waals surface area contributed by atoms with Gasteiger partial charge in [0.05, 0.1) is 13.7 Å². The summed E-state index contributed by atoms with van der Waals surface area (Å²) in [6.07, 6.45) is 0.762. The van der Waals surface area contributed by atoms with E-state index in [1.807, 2.05) is 36.4 Å². The molecule has 0 saturated carbocycles. The molecule has 1 N–H and O–H groups in total. The zero-order valence-corrected chi connectivity index (χ0v) is 14.4. The quantitative estimate of drug-likeness (QED) is 0.886. The summed E-state index contributed by atoms with van der Waals surface area (Å²) in [6.45, 7) is 2.89. The summed E-state index contributed by atoms with van der Waals surface area (Å²) in [5, 5.41) is 11.0. The standard InChI is InChI=1S/C20H25NO3/c1-23-14-17-12-16(8-9-19(17)24-2)13-21-11-10-20(22,15-21)18-6-4-3-5-7-18/h3-9,12,22H,10-11,13-15H2,1-2H3/t20-/m0/s1. The summed E-state index contributed by atoms with van der Waals surface area (Å²) in [4.78, 5) is 2.30. The minimum Gasteiger partial charge on any atom is -0.496 e. The van der Waals surface area contributed by atoms with Crippen LogP contribution in [0.15, 0.2) is 48.5 Å². The second-order valence-corrected chi connectivity index (χ2v) is 6.44. The molecule has 0 amide bonds. The van der Waals surface area contributed by atoms with Crippen molar-refractivity contribution in [3.63, 3.8) is 0 Å². The Morgan fingerprint density at radius 1 is 1.12 bits per heavy atom. The van der Waals surface area contributed by atoms with Crippen molar-refractivity contribution in [2.45, 2.75) is 25.2 Å². The first-order valence-corrected chi connectivity index (χ1v) is 8.29. The first kappa shape index (κ1) is 17.0. The second kappa shape index (κ2) is 7.34. The number of hydrogen-bond acceptors (Lipinski definition) is 4. The lowest BCUT2D eigenvalue weighted by Crippen LogP contribution is -2.30. The van der Waals surface area contributed by atoms with E-state index in [0.717, 1.165) is 36.4 Å². The molecule has 1 fully saturated rings. The maximum atomic E-state index is 11.0. The molecule has 0 bridgehead atoms. The van der Waals surface area contributed by atoms with E-state index >= 15 is 0 Å². The molecule has 24 heavy (non-hydrogen) atoms. The molecule has 0 aromatic heterocycles. The Morgan fingerprint density at radius 3 is 2.62 bits per heavy atom. The van der Waals surface area contributed by atoms with Gasteiger partial charge in [-0.1, -0.05) is 36.4 Å². The van der Waals surface area contributed by atoms with Crippen LogP contribution >= 0.6 is 0 Å². The molecule has 4 nitrogen and oxygen atoms in total. The highest BCUT2D eigenvalue weighted by molar-refractivity contribution is 5.37. The molecule has 0 spiro atoms. The molecule has 0 aliphatic carbocycles. The van der Waals surface area contributed by atoms with Crippen molar-refractivity contribution in [3.8, 4) is 5.75 Å². The monoisotopic (exact) mass is 327 g/mol. The van der Waals surface area contributed by atoms with Gasteiger partial charge in [0.1, 0.15) is 11.4 Å². The van der Waals surface area contributed by atoms with Crippen LogP contribution in [-0.2, 0) is 23.5 Å². The largest absolute Gasteiger partial charge is 0.496 e. The van der Waals surface area contributed by atoms with Crippen molar-refractivity contribution in [2.24, 2.45) is 0 Å². The second-order valence-electron chi connectivity index (χ2n) is 6.44. The SMILES string of the molecule is COCc1cc(CN2CC[C@@](O)(c3ccccc3)C2)ccc1OC. The van der Waals surface area contributed by atoms with E-state index in [9.17, 15) is 5.11 Å². The molecule has 128 valence electrons. The highest BCUT2D eigenvalue weighted by atomic mass is 16.5. The van der Waals surface area contributed by atoms with Gasteiger partial charge in [0.2, 0.25) is 0 Å². The number of aliphatic hydroxyl groups is 1. The van der Waals surface area contributed by atoms with Gasteiger partial charge in [-0.15, -0.1) is 0 Å². The Balaban J connectivity index is 1.70. The van der Waals surface area contributed by atoms with Crippen LogP contribution in [0.4, 0.5) is 0 Å². The van der Waals surface area contributed by atoms with Crippen molar-refractivity contribution in [1.29, 1.82) is 0 Å². The molecule has 1 aliphatic heterocycles. The van der Waals surface area contributed by atoms with Gasteiger partial charge in [-0.05, 0) is 29.7 Å². The minimum absolute atomic E-state index is 0.533. The topological polar surface area (TPSA) is 41.9 Å². The van der Waals surface area contributed by atoms with Crippen molar-refractivity contribution in [1.82, 2.24) is 4.90 Å². The van der Waals surface area contributed by atoms with E-state index in [2.05, 4.69) is 17.0 Å². The van der Waals surface area contributed by atoms with Gasteiger partial charge in [-0.25, -0.2) is 0 Å². The minimum atomic E-state index is -0.747. The summed E-state index contributed by atoms with van der Waals surface area (Å²) in [6, 6.07) is 16.2. The Hall–Kier alpha value is -1.88. The van der Waals surface area contributed by atoms with Crippen molar-refractivity contribution in [2.75, 3.05) is 27.3 Å². The maximum Gasteiger partial charge on any atom is 0.124 e. The Kier molecular flexibility index (Phi) is 5.19. The first-order chi connectivity index (χ1) is 11.6. The summed E-state index contributed by atoms with van der Waals surface area (Å²) in [5.41, 5.74) is 2.51. The van der Waals surface area contributed by atoms with Gasteiger partial charge in [0.25, 0.3) is 0 Å². The number of ether oxygens (including phenoxy) is 2. The van der Waals surface area contributed by atoms with E-state index in [1.54, 1.807) is 14.2 Å². The number of methoxy groups -OCH3 is 2. The van der Waals surface area contributed by atoms with Crippen LogP contribution in [0.5, 0.6) is 5.75 Å². The summed E-state index contributed by atoms with van der Waals surface area (Å²) in [5.74, 6) is 0.850. The van der Waals surface area contributed by atoms with Crippen molar-refractivity contribution >= 4 is 0 Å². The fourth-order valence-electron chi connectivity index (χ4n) is 3.45. The van der Waals surface area contributed by atoms with Crippen LogP contribution in [0, 0.1) is 0 Å².